The first-order valence-electron chi connectivity index (χ1n) is 12.9. The summed E-state index contributed by atoms with van der Waals surface area (Å²) >= 11 is 0. The summed E-state index contributed by atoms with van der Waals surface area (Å²) in [5, 5.41) is 9.34. The summed E-state index contributed by atoms with van der Waals surface area (Å²) in [7, 11) is 0. The van der Waals surface area contributed by atoms with Crippen LogP contribution in [0.5, 0.6) is 11.8 Å². The average Bonchev–Trinajstić information content (AvgIpc) is 2.96. The molecule has 0 bridgehead atoms. The Morgan fingerprint density at radius 3 is 2.21 bits per heavy atom. The maximum Gasteiger partial charge on any atom is 0.407 e. The quantitative estimate of drug-likeness (QED) is 0.293. The Kier molecular flexibility index (Phi) is 7.91. The molecule has 1 aromatic heterocycles. The van der Waals surface area contributed by atoms with E-state index in [1.165, 1.54) is 11.0 Å². The van der Waals surface area contributed by atoms with Crippen LogP contribution in [-0.4, -0.2) is 46.8 Å². The SMILES string of the molecule is C[C@H]1CN(c2ccc(-c3ccc(OCc4ccccc4)nc3OCc3ccccc3)cc2F)CCN1C(=O)O. The molecule has 1 fully saturated rings. The van der Waals surface area contributed by atoms with Crippen molar-refractivity contribution in [2.45, 2.75) is 26.2 Å². The van der Waals surface area contributed by atoms with Crippen molar-refractivity contribution in [2.75, 3.05) is 24.5 Å². The largest absolute Gasteiger partial charge is 0.473 e. The number of hydrogen-bond acceptors (Lipinski definition) is 5. The van der Waals surface area contributed by atoms with Crippen LogP contribution in [-0.2, 0) is 13.2 Å². The van der Waals surface area contributed by atoms with Gasteiger partial charge in [0, 0.05) is 37.3 Å². The van der Waals surface area contributed by atoms with Gasteiger partial charge in [-0.05, 0) is 41.8 Å². The summed E-state index contributed by atoms with van der Waals surface area (Å²) in [6.45, 7) is 3.66. The third kappa shape index (κ3) is 6.29. The standard InChI is InChI=1S/C31H30FN3O4/c1-22-19-34(16-17-35(22)31(36)37)28-14-12-25(18-27(28)32)26-13-15-29(38-20-23-8-4-2-5-9-23)33-30(26)39-21-24-10-6-3-7-11-24/h2-15,18,22H,16-17,19-21H2,1H3,(H,36,37)/t22-/m0/s1. The van der Waals surface area contributed by atoms with Gasteiger partial charge in [-0.1, -0.05) is 66.7 Å². The predicted octanol–water partition coefficient (Wildman–Crippen LogP) is 6.23. The van der Waals surface area contributed by atoms with Gasteiger partial charge in [0.15, 0.2) is 0 Å². The van der Waals surface area contributed by atoms with Gasteiger partial charge in [-0.3, -0.25) is 0 Å². The van der Waals surface area contributed by atoms with E-state index in [4.69, 9.17) is 9.47 Å². The molecule has 0 saturated carbocycles. The van der Waals surface area contributed by atoms with Crippen LogP contribution >= 0.6 is 0 Å². The zero-order valence-electron chi connectivity index (χ0n) is 21.7. The lowest BCUT2D eigenvalue weighted by atomic mass is 10.0. The molecule has 0 unspecified atom stereocenters. The number of halogens is 1. The number of nitrogens with zero attached hydrogens (tertiary/aromatic N) is 3. The highest BCUT2D eigenvalue weighted by Crippen LogP contribution is 2.34. The molecule has 1 N–H and O–H groups in total. The van der Waals surface area contributed by atoms with Gasteiger partial charge in [0.05, 0.1) is 5.69 Å². The molecule has 39 heavy (non-hydrogen) atoms. The predicted molar refractivity (Wildman–Crippen MR) is 148 cm³/mol. The molecular formula is C31H30FN3O4. The highest BCUT2D eigenvalue weighted by Gasteiger charge is 2.28. The summed E-state index contributed by atoms with van der Waals surface area (Å²) in [5.74, 6) is 0.371. The fourth-order valence-corrected chi connectivity index (χ4v) is 4.68. The van der Waals surface area contributed by atoms with E-state index in [9.17, 15) is 9.90 Å². The molecule has 1 amide bonds. The van der Waals surface area contributed by atoms with E-state index in [1.54, 1.807) is 12.1 Å². The number of aromatic nitrogens is 1. The van der Waals surface area contributed by atoms with Crippen molar-refractivity contribution in [2.24, 2.45) is 0 Å². The molecule has 0 radical (unpaired) electrons. The monoisotopic (exact) mass is 527 g/mol. The summed E-state index contributed by atoms with van der Waals surface area (Å²) in [4.78, 5) is 19.3. The van der Waals surface area contributed by atoms with Gasteiger partial charge in [-0.2, -0.15) is 4.98 Å². The maximum absolute atomic E-state index is 15.4. The fraction of sp³-hybridized carbons (Fsp3) is 0.226. The Balaban J connectivity index is 1.39. The third-order valence-electron chi connectivity index (χ3n) is 6.76. The van der Waals surface area contributed by atoms with Crippen molar-refractivity contribution in [1.82, 2.24) is 9.88 Å². The lowest BCUT2D eigenvalue weighted by molar-refractivity contribution is 0.122. The summed E-state index contributed by atoms with van der Waals surface area (Å²) in [6, 6.07) is 28.0. The van der Waals surface area contributed by atoms with Crippen molar-refractivity contribution in [1.29, 1.82) is 0 Å². The van der Waals surface area contributed by atoms with Crippen LogP contribution in [0.15, 0.2) is 91.0 Å². The van der Waals surface area contributed by atoms with Gasteiger partial charge in [0.2, 0.25) is 11.8 Å². The highest BCUT2D eigenvalue weighted by atomic mass is 19.1. The number of pyridine rings is 1. The molecule has 7 nitrogen and oxygen atoms in total. The first-order valence-corrected chi connectivity index (χ1v) is 12.9. The van der Waals surface area contributed by atoms with Crippen LogP contribution in [0.3, 0.4) is 0 Å². The molecule has 4 aromatic rings. The Bertz CT molecular complexity index is 1420. The average molecular weight is 528 g/mol. The number of carboxylic acid groups (broad SMARTS) is 1. The van der Waals surface area contributed by atoms with Crippen LogP contribution in [0.4, 0.5) is 14.9 Å². The topological polar surface area (TPSA) is 75.1 Å². The molecule has 8 heteroatoms. The highest BCUT2D eigenvalue weighted by molar-refractivity contribution is 5.72. The lowest BCUT2D eigenvalue weighted by Crippen LogP contribution is -2.53. The number of amides is 1. The summed E-state index contributed by atoms with van der Waals surface area (Å²) in [5.41, 5.74) is 3.72. The van der Waals surface area contributed by atoms with Crippen molar-refractivity contribution in [3.8, 4) is 22.9 Å². The van der Waals surface area contributed by atoms with E-state index in [0.29, 0.717) is 61.4 Å². The number of anilines is 1. The first-order chi connectivity index (χ1) is 19.0. The zero-order chi connectivity index (χ0) is 27.2. The van der Waals surface area contributed by atoms with Crippen LogP contribution < -0.4 is 14.4 Å². The molecule has 5 rings (SSSR count). The van der Waals surface area contributed by atoms with E-state index in [1.807, 2.05) is 84.6 Å². The smallest absolute Gasteiger partial charge is 0.407 e. The van der Waals surface area contributed by atoms with Crippen LogP contribution in [0.25, 0.3) is 11.1 Å². The maximum atomic E-state index is 15.4. The number of hydrogen-bond donors (Lipinski definition) is 1. The van der Waals surface area contributed by atoms with Crippen molar-refractivity contribution in [3.63, 3.8) is 0 Å². The molecule has 1 saturated heterocycles. The minimum absolute atomic E-state index is 0.235. The molecule has 0 aliphatic carbocycles. The molecule has 1 atom stereocenters. The van der Waals surface area contributed by atoms with E-state index in [2.05, 4.69) is 4.98 Å². The summed E-state index contributed by atoms with van der Waals surface area (Å²) < 4.78 is 27.5. The molecular weight excluding hydrogens is 497 g/mol. The molecule has 200 valence electrons. The van der Waals surface area contributed by atoms with Crippen molar-refractivity contribution < 1.29 is 23.8 Å². The second-order valence-corrected chi connectivity index (χ2v) is 9.49. The molecule has 1 aliphatic heterocycles. The van der Waals surface area contributed by atoms with Crippen LogP contribution in [0.2, 0.25) is 0 Å². The van der Waals surface area contributed by atoms with Crippen molar-refractivity contribution in [3.05, 3.63) is 108 Å². The third-order valence-corrected chi connectivity index (χ3v) is 6.76. The fourth-order valence-electron chi connectivity index (χ4n) is 4.68. The van der Waals surface area contributed by atoms with Gasteiger partial charge < -0.3 is 24.4 Å². The number of ether oxygens (including phenoxy) is 2. The minimum Gasteiger partial charge on any atom is -0.473 e. The Morgan fingerprint density at radius 2 is 1.59 bits per heavy atom. The number of rotatable bonds is 8. The number of piperazine rings is 1. The van der Waals surface area contributed by atoms with Gasteiger partial charge in [0.1, 0.15) is 19.0 Å². The lowest BCUT2D eigenvalue weighted by Gasteiger charge is -2.39. The summed E-state index contributed by atoms with van der Waals surface area (Å²) in [6.07, 6.45) is -0.954. The van der Waals surface area contributed by atoms with Crippen LogP contribution in [0, 0.1) is 5.82 Å². The number of benzene rings is 3. The Morgan fingerprint density at radius 1 is 0.923 bits per heavy atom. The second kappa shape index (κ2) is 11.9. The van der Waals surface area contributed by atoms with E-state index in [0.717, 1.165) is 11.1 Å². The van der Waals surface area contributed by atoms with E-state index >= 15 is 4.39 Å². The van der Waals surface area contributed by atoms with Crippen molar-refractivity contribution >= 4 is 11.8 Å². The van der Waals surface area contributed by atoms with Gasteiger partial charge in [-0.15, -0.1) is 0 Å². The Labute approximate surface area is 227 Å². The van der Waals surface area contributed by atoms with Gasteiger partial charge in [0.25, 0.3) is 0 Å². The molecule has 1 aliphatic rings. The first kappa shape index (κ1) is 26.0. The molecule has 3 aromatic carbocycles. The van der Waals surface area contributed by atoms with Gasteiger partial charge in [-0.25, -0.2) is 9.18 Å². The number of carbonyl (C=O) groups is 1. The van der Waals surface area contributed by atoms with E-state index < -0.39 is 6.09 Å². The second-order valence-electron chi connectivity index (χ2n) is 9.49. The Hall–Kier alpha value is -4.59. The minimum atomic E-state index is -0.954. The van der Waals surface area contributed by atoms with Gasteiger partial charge >= 0.3 is 6.09 Å². The van der Waals surface area contributed by atoms with E-state index in [-0.39, 0.29) is 11.9 Å². The normalized spacial score (nSPS) is 15.2. The molecule has 2 heterocycles. The van der Waals surface area contributed by atoms with Crippen LogP contribution in [0.1, 0.15) is 18.1 Å². The molecule has 0 spiro atoms. The zero-order valence-corrected chi connectivity index (χ0v) is 21.7.